The van der Waals surface area contributed by atoms with Gasteiger partial charge in [-0.05, 0) is 12.1 Å². The number of hydrogen-bond acceptors (Lipinski definition) is 2. The summed E-state index contributed by atoms with van der Waals surface area (Å²) in [6, 6.07) is 5.26. The Kier molecular flexibility index (Phi) is 6.08. The van der Waals surface area contributed by atoms with E-state index in [9.17, 15) is 0 Å². The highest BCUT2D eigenvalue weighted by Gasteiger charge is 2.01. The second kappa shape index (κ2) is 6.51. The molecule has 0 aromatic heterocycles. The van der Waals surface area contributed by atoms with Crippen LogP contribution in [0.4, 0.5) is 0 Å². The van der Waals surface area contributed by atoms with E-state index in [1.807, 2.05) is 0 Å². The van der Waals surface area contributed by atoms with Crippen LogP contribution in [0.3, 0.4) is 0 Å². The van der Waals surface area contributed by atoms with Crippen LogP contribution >= 0.6 is 23.2 Å². The van der Waals surface area contributed by atoms with Crippen molar-refractivity contribution in [1.29, 1.82) is 0 Å². The largest absolute Gasteiger partial charge is 0.495 e. The molecule has 14 heavy (non-hydrogen) atoms. The van der Waals surface area contributed by atoms with Crippen molar-refractivity contribution in [2.75, 3.05) is 7.11 Å². The predicted octanol–water partition coefficient (Wildman–Crippen LogP) is 3.09. The van der Waals surface area contributed by atoms with Gasteiger partial charge < -0.3 is 9.84 Å². The third-order valence-corrected chi connectivity index (χ3v) is 1.94. The lowest BCUT2D eigenvalue weighted by Gasteiger charge is -2.01. The lowest BCUT2D eigenvalue weighted by Crippen LogP contribution is -1.82. The topological polar surface area (TPSA) is 46.5 Å². The number of rotatable bonds is 1. The lowest BCUT2D eigenvalue weighted by molar-refractivity contribution is -0.134. The van der Waals surface area contributed by atoms with Crippen molar-refractivity contribution in [3.05, 3.63) is 28.2 Å². The van der Waals surface area contributed by atoms with Gasteiger partial charge in [-0.25, -0.2) is 0 Å². The van der Waals surface area contributed by atoms with E-state index >= 15 is 0 Å². The first-order valence-corrected chi connectivity index (χ1v) is 4.42. The Morgan fingerprint density at radius 1 is 1.43 bits per heavy atom. The second-order valence-corrected chi connectivity index (χ2v) is 3.06. The number of aliphatic carboxylic acids is 1. The van der Waals surface area contributed by atoms with Crippen LogP contribution in [0, 0.1) is 0 Å². The summed E-state index contributed by atoms with van der Waals surface area (Å²) in [6.07, 6.45) is 0. The Balaban J connectivity index is 0.000000364. The molecular weight excluding hydrogens is 227 g/mol. The first-order valence-electron chi connectivity index (χ1n) is 3.66. The van der Waals surface area contributed by atoms with Gasteiger partial charge in [-0.2, -0.15) is 0 Å². The van der Waals surface area contributed by atoms with Crippen molar-refractivity contribution in [1.82, 2.24) is 0 Å². The highest BCUT2D eigenvalue weighted by molar-refractivity contribution is 6.42. The molecular formula is C9H10Cl2O3. The molecule has 0 heterocycles. The van der Waals surface area contributed by atoms with Crippen LogP contribution in [0.2, 0.25) is 10.0 Å². The lowest BCUT2D eigenvalue weighted by atomic mass is 10.3. The summed E-state index contributed by atoms with van der Waals surface area (Å²) in [7, 11) is 1.55. The monoisotopic (exact) mass is 236 g/mol. The van der Waals surface area contributed by atoms with Crippen molar-refractivity contribution in [2.45, 2.75) is 6.92 Å². The number of methoxy groups -OCH3 is 1. The minimum atomic E-state index is -0.833. The quantitative estimate of drug-likeness (QED) is 0.816. The van der Waals surface area contributed by atoms with Gasteiger partial charge in [0.25, 0.3) is 5.97 Å². The Hall–Kier alpha value is -0.930. The molecule has 0 amide bonds. The van der Waals surface area contributed by atoms with Gasteiger partial charge in [0.2, 0.25) is 0 Å². The fourth-order valence-electron chi connectivity index (χ4n) is 0.642. The molecule has 0 saturated carbocycles. The van der Waals surface area contributed by atoms with Crippen LogP contribution < -0.4 is 4.74 Å². The minimum absolute atomic E-state index is 0.465. The van der Waals surface area contributed by atoms with Gasteiger partial charge in [-0.3, -0.25) is 4.79 Å². The Labute approximate surface area is 92.2 Å². The van der Waals surface area contributed by atoms with Crippen molar-refractivity contribution < 1.29 is 14.6 Å². The van der Waals surface area contributed by atoms with Gasteiger partial charge >= 0.3 is 0 Å². The molecule has 5 heteroatoms. The average molecular weight is 237 g/mol. The Bertz CT molecular complexity index is 309. The Morgan fingerprint density at radius 3 is 2.29 bits per heavy atom. The fraction of sp³-hybridized carbons (Fsp3) is 0.222. The van der Waals surface area contributed by atoms with Crippen molar-refractivity contribution in [3.63, 3.8) is 0 Å². The van der Waals surface area contributed by atoms with Crippen LogP contribution in [0.15, 0.2) is 18.2 Å². The van der Waals surface area contributed by atoms with E-state index in [0.29, 0.717) is 15.8 Å². The van der Waals surface area contributed by atoms with Gasteiger partial charge in [-0.15, -0.1) is 0 Å². The molecule has 0 atom stereocenters. The van der Waals surface area contributed by atoms with Crippen LogP contribution in [-0.4, -0.2) is 18.2 Å². The molecule has 0 bridgehead atoms. The van der Waals surface area contributed by atoms with E-state index in [-0.39, 0.29) is 0 Å². The molecule has 1 aromatic carbocycles. The molecule has 0 spiro atoms. The summed E-state index contributed by atoms with van der Waals surface area (Å²) in [5.74, 6) is -0.228. The number of carboxylic acid groups (broad SMARTS) is 1. The first-order chi connectivity index (χ1) is 6.49. The van der Waals surface area contributed by atoms with Crippen LogP contribution in [0.1, 0.15) is 6.92 Å². The number of benzene rings is 1. The van der Waals surface area contributed by atoms with Crippen LogP contribution in [0.5, 0.6) is 5.75 Å². The van der Waals surface area contributed by atoms with E-state index in [1.165, 1.54) is 0 Å². The summed E-state index contributed by atoms with van der Waals surface area (Å²) in [4.78, 5) is 9.00. The molecule has 0 aliphatic rings. The highest BCUT2D eigenvalue weighted by Crippen LogP contribution is 2.30. The zero-order valence-corrected chi connectivity index (χ0v) is 9.26. The highest BCUT2D eigenvalue weighted by atomic mass is 35.5. The van der Waals surface area contributed by atoms with Crippen LogP contribution in [-0.2, 0) is 4.79 Å². The molecule has 0 radical (unpaired) electrons. The first kappa shape index (κ1) is 13.1. The maximum atomic E-state index is 9.00. The van der Waals surface area contributed by atoms with Crippen molar-refractivity contribution in [3.8, 4) is 5.75 Å². The molecule has 0 aliphatic heterocycles. The van der Waals surface area contributed by atoms with E-state index in [1.54, 1.807) is 25.3 Å². The number of halogens is 2. The van der Waals surface area contributed by atoms with E-state index in [4.69, 9.17) is 37.8 Å². The molecule has 78 valence electrons. The maximum Gasteiger partial charge on any atom is 0.300 e. The standard InChI is InChI=1S/C7H6Cl2O.C2H4O2/c1-10-6-4-2-3-5(8)7(6)9;1-2(3)4/h2-4H,1H3;1H3,(H,3,4). The summed E-state index contributed by atoms with van der Waals surface area (Å²) in [6.45, 7) is 1.08. The second-order valence-electron chi connectivity index (χ2n) is 2.28. The third-order valence-electron chi connectivity index (χ3n) is 1.14. The third kappa shape index (κ3) is 4.94. The predicted molar refractivity (Wildman–Crippen MR) is 56.3 cm³/mol. The van der Waals surface area contributed by atoms with E-state index in [2.05, 4.69) is 0 Å². The zero-order chi connectivity index (χ0) is 11.1. The normalized spacial score (nSPS) is 8.57. The van der Waals surface area contributed by atoms with Gasteiger partial charge in [0.05, 0.1) is 12.1 Å². The number of hydrogen-bond donors (Lipinski definition) is 1. The van der Waals surface area contributed by atoms with Gasteiger partial charge in [0, 0.05) is 6.92 Å². The molecule has 1 N–H and O–H groups in total. The fourth-order valence-corrected chi connectivity index (χ4v) is 1.01. The summed E-state index contributed by atoms with van der Waals surface area (Å²) in [5, 5.41) is 8.40. The molecule has 3 nitrogen and oxygen atoms in total. The summed E-state index contributed by atoms with van der Waals surface area (Å²) in [5.41, 5.74) is 0. The molecule has 0 unspecified atom stereocenters. The molecule has 1 aromatic rings. The number of carboxylic acids is 1. The van der Waals surface area contributed by atoms with Crippen molar-refractivity contribution >= 4 is 29.2 Å². The molecule has 0 fully saturated rings. The maximum absolute atomic E-state index is 9.00. The molecule has 1 rings (SSSR count). The van der Waals surface area contributed by atoms with E-state index in [0.717, 1.165) is 6.92 Å². The SMILES string of the molecule is CC(=O)O.COc1cccc(Cl)c1Cl. The van der Waals surface area contributed by atoms with Crippen LogP contribution in [0.25, 0.3) is 0 Å². The van der Waals surface area contributed by atoms with Gasteiger partial charge in [-0.1, -0.05) is 29.3 Å². The summed E-state index contributed by atoms with van der Waals surface area (Å²) < 4.78 is 4.91. The Morgan fingerprint density at radius 2 is 1.93 bits per heavy atom. The summed E-state index contributed by atoms with van der Waals surface area (Å²) >= 11 is 11.4. The number of ether oxygens (including phenoxy) is 1. The average Bonchev–Trinajstić information content (AvgIpc) is 2.09. The number of carbonyl (C=O) groups is 1. The smallest absolute Gasteiger partial charge is 0.300 e. The minimum Gasteiger partial charge on any atom is -0.495 e. The molecule has 0 saturated heterocycles. The van der Waals surface area contributed by atoms with Crippen molar-refractivity contribution in [2.24, 2.45) is 0 Å². The zero-order valence-electron chi connectivity index (χ0n) is 7.75. The van der Waals surface area contributed by atoms with Gasteiger partial charge in [0.1, 0.15) is 10.8 Å². The van der Waals surface area contributed by atoms with Gasteiger partial charge in [0.15, 0.2) is 0 Å². The molecule has 0 aliphatic carbocycles. The van der Waals surface area contributed by atoms with E-state index < -0.39 is 5.97 Å².